The first-order chi connectivity index (χ1) is 13.2. The lowest BCUT2D eigenvalue weighted by Gasteiger charge is -2.31. The van der Waals surface area contributed by atoms with Crippen LogP contribution in [0.4, 0.5) is 30.8 Å². The van der Waals surface area contributed by atoms with Gasteiger partial charge >= 0.3 is 18.1 Å². The number of piperidine rings is 1. The van der Waals surface area contributed by atoms with Gasteiger partial charge in [-0.15, -0.1) is 0 Å². The largest absolute Gasteiger partial charge is 0.491 e. The molecule has 1 aliphatic heterocycles. The highest BCUT2D eigenvalue weighted by Crippen LogP contribution is 2.25. The summed E-state index contributed by atoms with van der Waals surface area (Å²) in [4.78, 5) is 33.2. The van der Waals surface area contributed by atoms with Crippen LogP contribution < -0.4 is 10.2 Å². The molecular formula is C16H17F3N6O3. The number of hydrogen-bond donors (Lipinski definition) is 2. The highest BCUT2D eigenvalue weighted by atomic mass is 19.4. The molecule has 0 spiro atoms. The summed E-state index contributed by atoms with van der Waals surface area (Å²) < 4.78 is 40.8. The number of ether oxygens (including phenoxy) is 1. The Hall–Kier alpha value is -3.18. The number of aromatic nitrogens is 4. The number of alkyl halides is 3. The van der Waals surface area contributed by atoms with Crippen molar-refractivity contribution in [3.63, 3.8) is 0 Å². The first kappa shape index (κ1) is 19.6. The Balaban J connectivity index is 1.70. The molecule has 0 radical (unpaired) electrons. The number of H-pyrrole nitrogens is 1. The second-order valence-electron chi connectivity index (χ2n) is 6.28. The van der Waals surface area contributed by atoms with Crippen molar-refractivity contribution in [2.75, 3.05) is 23.3 Å². The van der Waals surface area contributed by atoms with Crippen molar-refractivity contribution >= 4 is 29.5 Å². The molecule has 0 unspecified atom stereocenters. The number of aryl methyl sites for hydroxylation is 1. The molecule has 9 nitrogen and oxygen atoms in total. The van der Waals surface area contributed by atoms with Gasteiger partial charge in [-0.3, -0.25) is 9.89 Å². The third-order valence-electron chi connectivity index (χ3n) is 4.07. The van der Waals surface area contributed by atoms with E-state index in [1.54, 1.807) is 30.2 Å². The fourth-order valence-electron chi connectivity index (χ4n) is 2.81. The average molecular weight is 398 g/mol. The SMILES string of the molecule is Cc1cc(Nc2ccn[nH]2)nc(N2CCC[C@@H](C(=O)OC(=O)C(F)(F)F)C2)n1. The second-order valence-corrected chi connectivity index (χ2v) is 6.28. The van der Waals surface area contributed by atoms with Crippen molar-refractivity contribution in [2.45, 2.75) is 25.9 Å². The van der Waals surface area contributed by atoms with Crippen LogP contribution in [0.15, 0.2) is 18.3 Å². The fraction of sp³-hybridized carbons (Fsp3) is 0.438. The van der Waals surface area contributed by atoms with E-state index in [1.807, 2.05) is 0 Å². The zero-order chi connectivity index (χ0) is 20.3. The minimum absolute atomic E-state index is 0.0525. The number of carbonyl (C=O) groups is 2. The summed E-state index contributed by atoms with van der Waals surface area (Å²) in [5.74, 6) is -3.16. The molecule has 0 saturated carbocycles. The van der Waals surface area contributed by atoms with E-state index in [-0.39, 0.29) is 6.54 Å². The van der Waals surface area contributed by atoms with Gasteiger partial charge in [0.15, 0.2) is 0 Å². The van der Waals surface area contributed by atoms with Crippen molar-refractivity contribution in [1.82, 2.24) is 20.2 Å². The maximum absolute atomic E-state index is 12.3. The zero-order valence-electron chi connectivity index (χ0n) is 14.8. The molecule has 1 atom stereocenters. The Morgan fingerprint density at radius 1 is 1.36 bits per heavy atom. The molecule has 1 aliphatic rings. The van der Waals surface area contributed by atoms with Gasteiger partial charge in [-0.25, -0.2) is 9.78 Å². The van der Waals surface area contributed by atoms with E-state index in [2.05, 4.69) is 30.2 Å². The highest BCUT2D eigenvalue weighted by molar-refractivity contribution is 5.89. The Bertz CT molecular complexity index is 856. The quantitative estimate of drug-likeness (QED) is 0.595. The lowest BCUT2D eigenvalue weighted by Crippen LogP contribution is -2.42. The highest BCUT2D eigenvalue weighted by Gasteiger charge is 2.43. The van der Waals surface area contributed by atoms with Crippen LogP contribution in [0.3, 0.4) is 0 Å². The number of carbonyl (C=O) groups excluding carboxylic acids is 2. The number of anilines is 3. The predicted octanol–water partition coefficient (Wildman–Crippen LogP) is 2.10. The molecular weight excluding hydrogens is 381 g/mol. The van der Waals surface area contributed by atoms with Gasteiger partial charge in [0.05, 0.1) is 12.1 Å². The van der Waals surface area contributed by atoms with Gasteiger partial charge in [-0.2, -0.15) is 23.3 Å². The second kappa shape index (κ2) is 7.82. The molecule has 2 aromatic heterocycles. The number of halogens is 3. The number of nitrogens with zero attached hydrogens (tertiary/aromatic N) is 4. The number of rotatable bonds is 4. The molecule has 28 heavy (non-hydrogen) atoms. The average Bonchev–Trinajstić information content (AvgIpc) is 3.13. The van der Waals surface area contributed by atoms with E-state index in [0.29, 0.717) is 42.7 Å². The molecule has 2 N–H and O–H groups in total. The Morgan fingerprint density at radius 3 is 2.82 bits per heavy atom. The molecule has 1 fully saturated rings. The Kier molecular flexibility index (Phi) is 5.47. The van der Waals surface area contributed by atoms with E-state index in [4.69, 9.17) is 0 Å². The van der Waals surface area contributed by atoms with Gasteiger partial charge in [-0.05, 0) is 19.8 Å². The van der Waals surface area contributed by atoms with E-state index in [9.17, 15) is 22.8 Å². The van der Waals surface area contributed by atoms with E-state index in [1.165, 1.54) is 0 Å². The van der Waals surface area contributed by atoms with Gasteiger partial charge in [0.1, 0.15) is 11.6 Å². The van der Waals surface area contributed by atoms with E-state index >= 15 is 0 Å². The van der Waals surface area contributed by atoms with Gasteiger partial charge in [0, 0.05) is 30.9 Å². The molecule has 2 aromatic rings. The topological polar surface area (TPSA) is 113 Å². The summed E-state index contributed by atoms with van der Waals surface area (Å²) in [6.07, 6.45) is -2.82. The zero-order valence-corrected chi connectivity index (χ0v) is 14.8. The summed E-state index contributed by atoms with van der Waals surface area (Å²) in [5.41, 5.74) is 0.656. The molecule has 3 heterocycles. The molecule has 0 bridgehead atoms. The number of hydrogen-bond acceptors (Lipinski definition) is 8. The first-order valence-electron chi connectivity index (χ1n) is 8.42. The van der Waals surface area contributed by atoms with Gasteiger partial charge in [0.25, 0.3) is 0 Å². The van der Waals surface area contributed by atoms with Gasteiger partial charge < -0.3 is 15.0 Å². The van der Waals surface area contributed by atoms with Crippen LogP contribution in [0.2, 0.25) is 0 Å². The number of nitrogens with one attached hydrogen (secondary N) is 2. The summed E-state index contributed by atoms with van der Waals surface area (Å²) >= 11 is 0. The van der Waals surface area contributed by atoms with Gasteiger partial charge in [-0.1, -0.05) is 0 Å². The molecule has 12 heteroatoms. The van der Waals surface area contributed by atoms with Crippen LogP contribution in [0.5, 0.6) is 0 Å². The van der Waals surface area contributed by atoms with E-state index in [0.717, 1.165) is 0 Å². The summed E-state index contributed by atoms with van der Waals surface area (Å²) in [7, 11) is 0. The lowest BCUT2D eigenvalue weighted by atomic mass is 9.98. The van der Waals surface area contributed by atoms with Crippen LogP contribution in [-0.4, -0.2) is 51.4 Å². The van der Waals surface area contributed by atoms with Crippen LogP contribution >= 0.6 is 0 Å². The van der Waals surface area contributed by atoms with Gasteiger partial charge in [0.2, 0.25) is 5.95 Å². The molecule has 3 rings (SSSR count). The van der Waals surface area contributed by atoms with Crippen molar-refractivity contribution in [1.29, 1.82) is 0 Å². The predicted molar refractivity (Wildman–Crippen MR) is 90.7 cm³/mol. The third kappa shape index (κ3) is 4.75. The summed E-state index contributed by atoms with van der Waals surface area (Å²) in [6, 6.07) is 3.42. The van der Waals surface area contributed by atoms with Crippen molar-refractivity contribution in [2.24, 2.45) is 5.92 Å². The molecule has 0 aromatic carbocycles. The smallest absolute Gasteiger partial charge is 0.386 e. The summed E-state index contributed by atoms with van der Waals surface area (Å²) in [6.45, 7) is 2.34. The maximum atomic E-state index is 12.3. The maximum Gasteiger partial charge on any atom is 0.491 e. The van der Waals surface area contributed by atoms with E-state index < -0.39 is 24.0 Å². The van der Waals surface area contributed by atoms with Crippen LogP contribution in [-0.2, 0) is 14.3 Å². The molecule has 0 amide bonds. The fourth-order valence-corrected chi connectivity index (χ4v) is 2.81. The number of aromatic amines is 1. The van der Waals surface area contributed by atoms with Crippen molar-refractivity contribution < 1.29 is 27.5 Å². The normalized spacial score (nSPS) is 17.3. The minimum Gasteiger partial charge on any atom is -0.386 e. The molecule has 150 valence electrons. The number of esters is 2. The standard InChI is InChI=1S/C16H17F3N6O3/c1-9-7-12(22-11-4-5-20-24-11)23-15(21-9)25-6-2-3-10(8-25)13(26)28-14(27)16(17,18)19/h4-5,7,10H,2-3,6,8H2,1H3,(H2,20,21,22,23,24)/t10-/m1/s1. The first-order valence-corrected chi connectivity index (χ1v) is 8.42. The van der Waals surface area contributed by atoms with Crippen LogP contribution in [0.1, 0.15) is 18.5 Å². The molecule has 0 aliphatic carbocycles. The van der Waals surface area contributed by atoms with Crippen molar-refractivity contribution in [3.8, 4) is 0 Å². The monoisotopic (exact) mass is 398 g/mol. The minimum atomic E-state index is -5.21. The van der Waals surface area contributed by atoms with Crippen molar-refractivity contribution in [3.05, 3.63) is 24.0 Å². The van der Waals surface area contributed by atoms with Crippen LogP contribution in [0.25, 0.3) is 0 Å². The summed E-state index contributed by atoms with van der Waals surface area (Å²) in [5, 5.41) is 9.58. The Morgan fingerprint density at radius 2 is 2.14 bits per heavy atom. The third-order valence-corrected chi connectivity index (χ3v) is 4.07. The lowest BCUT2D eigenvalue weighted by molar-refractivity contribution is -0.203. The Labute approximate surface area is 157 Å². The molecule has 1 saturated heterocycles. The van der Waals surface area contributed by atoms with Crippen LogP contribution in [0, 0.1) is 12.8 Å².